The first-order valence-corrected chi connectivity index (χ1v) is 8.48. The normalized spacial score (nSPS) is 17.6. The van der Waals surface area contributed by atoms with E-state index in [4.69, 9.17) is 0 Å². The van der Waals surface area contributed by atoms with Gasteiger partial charge in [-0.15, -0.1) is 0 Å². The maximum Gasteiger partial charge on any atom is 0.0498 e. The van der Waals surface area contributed by atoms with E-state index in [1.807, 2.05) is 12.1 Å². The molecule has 0 radical (unpaired) electrons. The Bertz CT molecular complexity index is 603. The zero-order valence-electron chi connectivity index (χ0n) is 11.6. The Morgan fingerprint density at radius 1 is 1.05 bits per heavy atom. The second kappa shape index (κ2) is 5.51. The molecule has 0 aromatic heterocycles. The Labute approximate surface area is 122 Å². The van der Waals surface area contributed by atoms with Crippen LogP contribution in [0.3, 0.4) is 0 Å². The summed E-state index contributed by atoms with van der Waals surface area (Å²) < 4.78 is 11.4. The summed E-state index contributed by atoms with van der Waals surface area (Å²) in [5.41, 5.74) is 2.79. The van der Waals surface area contributed by atoms with E-state index in [2.05, 4.69) is 47.8 Å². The molecule has 0 saturated heterocycles. The van der Waals surface area contributed by atoms with Gasteiger partial charge < -0.3 is 5.32 Å². The van der Waals surface area contributed by atoms with Crippen LogP contribution in [-0.2, 0) is 22.9 Å². The first-order valence-electron chi connectivity index (χ1n) is 6.93. The standard InChI is InChI=1S/C17H19NOS/c1-20(19)16-9-7-14(8-10-16)13-18-17(11-12-17)15-5-3-2-4-6-15/h2-10,18H,11-13H2,1H3. The third-order valence-electron chi connectivity index (χ3n) is 3.96. The molecular formula is C17H19NOS. The molecule has 2 aromatic rings. The molecule has 1 aliphatic rings. The maximum absolute atomic E-state index is 11.4. The van der Waals surface area contributed by atoms with E-state index in [9.17, 15) is 4.21 Å². The molecule has 0 spiro atoms. The Morgan fingerprint density at radius 3 is 2.25 bits per heavy atom. The minimum absolute atomic E-state index is 0.174. The Kier molecular flexibility index (Phi) is 3.72. The van der Waals surface area contributed by atoms with Crippen molar-refractivity contribution in [1.29, 1.82) is 0 Å². The molecule has 20 heavy (non-hydrogen) atoms. The van der Waals surface area contributed by atoms with Gasteiger partial charge in [0.2, 0.25) is 0 Å². The van der Waals surface area contributed by atoms with Crippen molar-refractivity contribution in [3.63, 3.8) is 0 Å². The summed E-state index contributed by atoms with van der Waals surface area (Å²) in [7, 11) is -0.896. The molecule has 3 heteroatoms. The highest BCUT2D eigenvalue weighted by molar-refractivity contribution is 7.84. The molecule has 0 bridgehead atoms. The molecule has 1 saturated carbocycles. The predicted molar refractivity (Wildman–Crippen MR) is 83.0 cm³/mol. The smallest absolute Gasteiger partial charge is 0.0498 e. The number of benzene rings is 2. The third-order valence-corrected chi connectivity index (χ3v) is 4.90. The summed E-state index contributed by atoms with van der Waals surface area (Å²) in [6.07, 6.45) is 4.12. The predicted octanol–water partition coefficient (Wildman–Crippen LogP) is 3.20. The number of hydrogen-bond acceptors (Lipinski definition) is 2. The van der Waals surface area contributed by atoms with Crippen LogP contribution in [0.5, 0.6) is 0 Å². The number of nitrogens with one attached hydrogen (secondary N) is 1. The second-order valence-electron chi connectivity index (χ2n) is 5.40. The fourth-order valence-electron chi connectivity index (χ4n) is 2.52. The molecule has 1 aliphatic carbocycles. The first-order chi connectivity index (χ1) is 9.70. The highest BCUT2D eigenvalue weighted by Gasteiger charge is 2.43. The average molecular weight is 285 g/mol. The van der Waals surface area contributed by atoms with Gasteiger partial charge in [-0.25, -0.2) is 0 Å². The largest absolute Gasteiger partial charge is 0.303 e. The molecule has 0 aliphatic heterocycles. The Morgan fingerprint density at radius 2 is 1.70 bits per heavy atom. The topological polar surface area (TPSA) is 29.1 Å². The first kappa shape index (κ1) is 13.5. The van der Waals surface area contributed by atoms with Gasteiger partial charge >= 0.3 is 0 Å². The van der Waals surface area contributed by atoms with Crippen LogP contribution in [-0.4, -0.2) is 10.5 Å². The van der Waals surface area contributed by atoms with Crippen molar-refractivity contribution in [2.75, 3.05) is 6.26 Å². The zero-order chi connectivity index (χ0) is 14.0. The number of rotatable bonds is 5. The van der Waals surface area contributed by atoms with E-state index in [0.717, 1.165) is 11.4 Å². The minimum Gasteiger partial charge on any atom is -0.303 e. The van der Waals surface area contributed by atoms with Crippen molar-refractivity contribution >= 4 is 10.8 Å². The summed E-state index contributed by atoms with van der Waals surface area (Å²) in [6, 6.07) is 18.7. The van der Waals surface area contributed by atoms with Gasteiger partial charge in [0.15, 0.2) is 0 Å². The van der Waals surface area contributed by atoms with E-state index in [1.54, 1.807) is 6.26 Å². The molecule has 1 atom stereocenters. The van der Waals surface area contributed by atoms with Crippen LogP contribution in [0, 0.1) is 0 Å². The van der Waals surface area contributed by atoms with Crippen molar-refractivity contribution in [2.45, 2.75) is 29.8 Å². The van der Waals surface area contributed by atoms with Crippen LogP contribution in [0.2, 0.25) is 0 Å². The summed E-state index contributed by atoms with van der Waals surface area (Å²) >= 11 is 0. The van der Waals surface area contributed by atoms with E-state index in [0.29, 0.717) is 0 Å². The zero-order valence-corrected chi connectivity index (χ0v) is 12.5. The molecule has 2 aromatic carbocycles. The molecule has 3 rings (SSSR count). The van der Waals surface area contributed by atoms with Crippen molar-refractivity contribution in [3.8, 4) is 0 Å². The van der Waals surface area contributed by atoms with Gasteiger partial charge in [0.25, 0.3) is 0 Å². The lowest BCUT2D eigenvalue weighted by atomic mass is 10.0. The second-order valence-corrected chi connectivity index (χ2v) is 6.78. The van der Waals surface area contributed by atoms with Crippen LogP contribution < -0.4 is 5.32 Å². The molecule has 1 unspecified atom stereocenters. The molecular weight excluding hydrogens is 266 g/mol. The maximum atomic E-state index is 11.4. The fourth-order valence-corrected chi connectivity index (χ4v) is 3.04. The van der Waals surface area contributed by atoms with Crippen LogP contribution >= 0.6 is 0 Å². The number of hydrogen-bond donors (Lipinski definition) is 1. The molecule has 104 valence electrons. The van der Waals surface area contributed by atoms with Gasteiger partial charge in [0.1, 0.15) is 0 Å². The van der Waals surface area contributed by atoms with E-state index in [-0.39, 0.29) is 5.54 Å². The Balaban J connectivity index is 1.66. The van der Waals surface area contributed by atoms with E-state index >= 15 is 0 Å². The summed E-state index contributed by atoms with van der Waals surface area (Å²) in [6.45, 7) is 0.853. The minimum atomic E-state index is -0.896. The fraction of sp³-hybridized carbons (Fsp3) is 0.294. The van der Waals surface area contributed by atoms with Gasteiger partial charge in [-0.3, -0.25) is 4.21 Å². The van der Waals surface area contributed by atoms with E-state index < -0.39 is 10.8 Å². The molecule has 1 N–H and O–H groups in total. The van der Waals surface area contributed by atoms with Gasteiger partial charge in [0, 0.05) is 34.0 Å². The van der Waals surface area contributed by atoms with Gasteiger partial charge in [0.05, 0.1) is 0 Å². The quantitative estimate of drug-likeness (QED) is 0.914. The summed E-state index contributed by atoms with van der Waals surface area (Å²) in [5, 5.41) is 3.68. The van der Waals surface area contributed by atoms with Crippen LogP contribution in [0.25, 0.3) is 0 Å². The van der Waals surface area contributed by atoms with Crippen molar-refractivity contribution in [1.82, 2.24) is 5.32 Å². The van der Waals surface area contributed by atoms with Gasteiger partial charge in [-0.05, 0) is 36.1 Å². The molecule has 1 fully saturated rings. The monoisotopic (exact) mass is 285 g/mol. The summed E-state index contributed by atoms with van der Waals surface area (Å²) in [5.74, 6) is 0. The van der Waals surface area contributed by atoms with Crippen LogP contribution in [0.1, 0.15) is 24.0 Å². The van der Waals surface area contributed by atoms with E-state index in [1.165, 1.54) is 24.0 Å². The van der Waals surface area contributed by atoms with Gasteiger partial charge in [-0.1, -0.05) is 42.5 Å². The average Bonchev–Trinajstić information content (AvgIpc) is 3.28. The summed E-state index contributed by atoms with van der Waals surface area (Å²) in [4.78, 5) is 0.887. The highest BCUT2D eigenvalue weighted by atomic mass is 32.2. The van der Waals surface area contributed by atoms with Crippen LogP contribution in [0.15, 0.2) is 59.5 Å². The lowest BCUT2D eigenvalue weighted by Crippen LogP contribution is -2.28. The third kappa shape index (κ3) is 2.84. The van der Waals surface area contributed by atoms with Crippen LogP contribution in [0.4, 0.5) is 0 Å². The molecule has 0 amide bonds. The Hall–Kier alpha value is -1.45. The van der Waals surface area contributed by atoms with Crippen molar-refractivity contribution in [2.24, 2.45) is 0 Å². The van der Waals surface area contributed by atoms with Gasteiger partial charge in [-0.2, -0.15) is 0 Å². The highest BCUT2D eigenvalue weighted by Crippen LogP contribution is 2.45. The molecule has 0 heterocycles. The lowest BCUT2D eigenvalue weighted by molar-refractivity contribution is 0.518. The SMILES string of the molecule is CS(=O)c1ccc(CNC2(c3ccccc3)CC2)cc1. The van der Waals surface area contributed by atoms with Crippen molar-refractivity contribution in [3.05, 3.63) is 65.7 Å². The lowest BCUT2D eigenvalue weighted by Gasteiger charge is -2.18. The van der Waals surface area contributed by atoms with Crippen molar-refractivity contribution < 1.29 is 4.21 Å². The molecule has 2 nitrogen and oxygen atoms in total.